The number of H-pyrrole nitrogens is 1. The van der Waals surface area contributed by atoms with Crippen LogP contribution in [-0.4, -0.2) is 20.9 Å². The van der Waals surface area contributed by atoms with Gasteiger partial charge in [-0.1, -0.05) is 0 Å². The number of carbonyl (C=O) groups excluding carboxylic acids is 1. The molecule has 2 heterocycles. The van der Waals surface area contributed by atoms with Gasteiger partial charge in [-0.15, -0.1) is 0 Å². The number of nitrogens with two attached hydrogens (primary N) is 2. The van der Waals surface area contributed by atoms with E-state index in [9.17, 15) is 4.79 Å². The summed E-state index contributed by atoms with van der Waals surface area (Å²) in [4.78, 5) is 21.3. The third kappa shape index (κ3) is 1.18. The summed E-state index contributed by atoms with van der Waals surface area (Å²) in [5.74, 6) is -0.258. The average molecular weight is 177 g/mol. The summed E-state index contributed by atoms with van der Waals surface area (Å²) < 4.78 is 0. The van der Waals surface area contributed by atoms with Crippen molar-refractivity contribution in [3.8, 4) is 0 Å². The van der Waals surface area contributed by atoms with Gasteiger partial charge in [0.1, 0.15) is 0 Å². The Morgan fingerprint density at radius 3 is 3.00 bits per heavy atom. The van der Waals surface area contributed by atoms with E-state index in [1.807, 2.05) is 0 Å². The van der Waals surface area contributed by atoms with Crippen molar-refractivity contribution in [3.63, 3.8) is 0 Å². The van der Waals surface area contributed by atoms with E-state index in [1.54, 1.807) is 6.07 Å². The van der Waals surface area contributed by atoms with Crippen molar-refractivity contribution in [2.75, 3.05) is 5.73 Å². The molecule has 0 unspecified atom stereocenters. The first-order valence-electron chi connectivity index (χ1n) is 3.58. The quantitative estimate of drug-likeness (QED) is 0.552. The van der Waals surface area contributed by atoms with Crippen LogP contribution in [0.15, 0.2) is 12.3 Å². The van der Waals surface area contributed by atoms with Gasteiger partial charge in [-0.2, -0.15) is 4.98 Å². The van der Waals surface area contributed by atoms with Crippen molar-refractivity contribution in [1.82, 2.24) is 15.0 Å². The molecular weight excluding hydrogens is 170 g/mol. The van der Waals surface area contributed by atoms with Crippen LogP contribution in [-0.2, 0) is 0 Å². The van der Waals surface area contributed by atoms with Crippen molar-refractivity contribution in [2.24, 2.45) is 5.73 Å². The Kier molecular flexibility index (Phi) is 1.42. The van der Waals surface area contributed by atoms with Crippen molar-refractivity contribution in [2.45, 2.75) is 0 Å². The Labute approximate surface area is 73.0 Å². The van der Waals surface area contributed by atoms with Crippen molar-refractivity contribution in [1.29, 1.82) is 0 Å². The zero-order valence-corrected chi connectivity index (χ0v) is 6.61. The maximum atomic E-state index is 10.8. The van der Waals surface area contributed by atoms with E-state index in [2.05, 4.69) is 15.0 Å². The lowest BCUT2D eigenvalue weighted by atomic mass is 10.2. The Hall–Kier alpha value is -2.11. The van der Waals surface area contributed by atoms with E-state index < -0.39 is 5.91 Å². The number of aromatic nitrogens is 3. The molecule has 0 bridgehead atoms. The molecule has 0 saturated heterocycles. The lowest BCUT2D eigenvalue weighted by Crippen LogP contribution is -2.10. The molecule has 13 heavy (non-hydrogen) atoms. The van der Waals surface area contributed by atoms with Crippen LogP contribution in [0.3, 0.4) is 0 Å². The number of hydrogen-bond donors (Lipinski definition) is 3. The second kappa shape index (κ2) is 2.44. The molecule has 0 aliphatic carbocycles. The molecule has 0 fully saturated rings. The monoisotopic (exact) mass is 177 g/mol. The van der Waals surface area contributed by atoms with Crippen molar-refractivity contribution >= 4 is 23.0 Å². The van der Waals surface area contributed by atoms with Crippen LogP contribution in [0.25, 0.3) is 11.2 Å². The largest absolute Gasteiger partial charge is 0.369 e. The van der Waals surface area contributed by atoms with Gasteiger partial charge in [-0.3, -0.25) is 4.79 Å². The Morgan fingerprint density at radius 2 is 2.31 bits per heavy atom. The molecule has 2 rings (SSSR count). The van der Waals surface area contributed by atoms with Crippen LogP contribution in [0.2, 0.25) is 0 Å². The number of carbonyl (C=O) groups is 1. The number of imidazole rings is 1. The summed E-state index contributed by atoms with van der Waals surface area (Å²) >= 11 is 0. The smallest absolute Gasteiger partial charge is 0.250 e. The maximum Gasteiger partial charge on any atom is 0.250 e. The van der Waals surface area contributed by atoms with Gasteiger partial charge in [0.2, 0.25) is 5.91 Å². The van der Waals surface area contributed by atoms with E-state index in [4.69, 9.17) is 11.5 Å². The fourth-order valence-corrected chi connectivity index (χ4v) is 1.05. The fraction of sp³-hybridized carbons (Fsp3) is 0. The zero-order valence-electron chi connectivity index (χ0n) is 6.61. The van der Waals surface area contributed by atoms with Crippen LogP contribution >= 0.6 is 0 Å². The highest BCUT2D eigenvalue weighted by molar-refractivity contribution is 5.95. The third-order valence-electron chi connectivity index (χ3n) is 1.64. The Morgan fingerprint density at radius 1 is 1.54 bits per heavy atom. The van der Waals surface area contributed by atoms with Gasteiger partial charge in [-0.05, 0) is 6.07 Å². The topological polar surface area (TPSA) is 111 Å². The summed E-state index contributed by atoms with van der Waals surface area (Å²) in [7, 11) is 0. The van der Waals surface area contributed by atoms with Gasteiger partial charge in [0, 0.05) is 6.20 Å². The van der Waals surface area contributed by atoms with Crippen LogP contribution < -0.4 is 11.5 Å². The molecule has 0 saturated carbocycles. The first-order valence-corrected chi connectivity index (χ1v) is 3.58. The maximum absolute atomic E-state index is 10.8. The number of nitrogens with one attached hydrogen (secondary N) is 1. The van der Waals surface area contributed by atoms with Crippen LogP contribution in [0.1, 0.15) is 10.4 Å². The molecule has 0 aliphatic rings. The minimum atomic E-state index is -0.525. The number of anilines is 1. The van der Waals surface area contributed by atoms with Gasteiger partial charge in [0.15, 0.2) is 11.6 Å². The van der Waals surface area contributed by atoms with Gasteiger partial charge < -0.3 is 16.5 Å². The highest BCUT2D eigenvalue weighted by atomic mass is 16.1. The number of nitrogens with zero attached hydrogens (tertiary/aromatic N) is 2. The van der Waals surface area contributed by atoms with Crippen LogP contribution in [0.5, 0.6) is 0 Å². The lowest BCUT2D eigenvalue weighted by Gasteiger charge is -1.92. The minimum absolute atomic E-state index is 0.268. The molecule has 6 heteroatoms. The number of pyridine rings is 1. The summed E-state index contributed by atoms with van der Waals surface area (Å²) in [5.41, 5.74) is 11.9. The molecule has 1 amide bonds. The first-order chi connectivity index (χ1) is 6.16. The third-order valence-corrected chi connectivity index (χ3v) is 1.64. The highest BCUT2D eigenvalue weighted by Gasteiger charge is 2.05. The molecule has 2 aromatic heterocycles. The SMILES string of the molecule is NC(=O)c1cnc2nc(N)[nH]c2c1. The lowest BCUT2D eigenvalue weighted by molar-refractivity contribution is 0.1000. The first kappa shape index (κ1) is 7.53. The van der Waals surface area contributed by atoms with Crippen LogP contribution in [0.4, 0.5) is 5.95 Å². The van der Waals surface area contributed by atoms with Crippen LogP contribution in [0, 0.1) is 0 Å². The second-order valence-electron chi connectivity index (χ2n) is 2.58. The Balaban J connectivity index is 2.67. The van der Waals surface area contributed by atoms with E-state index >= 15 is 0 Å². The molecule has 66 valence electrons. The molecule has 0 aliphatic heterocycles. The summed E-state index contributed by atoms with van der Waals surface area (Å²) in [6.45, 7) is 0. The molecule has 0 spiro atoms. The number of fused-ring (bicyclic) bond motifs is 1. The van der Waals surface area contributed by atoms with Gasteiger partial charge in [0.05, 0.1) is 11.1 Å². The van der Waals surface area contributed by atoms with E-state index in [0.717, 1.165) is 0 Å². The predicted octanol–water partition coefficient (Wildman–Crippen LogP) is -0.361. The van der Waals surface area contributed by atoms with Gasteiger partial charge >= 0.3 is 0 Å². The standard InChI is InChI=1S/C7H7N5O/c8-5(13)3-1-4-6(10-2-3)12-7(9)11-4/h1-2H,(H2,8,13)(H3,9,10,11,12). The fourth-order valence-electron chi connectivity index (χ4n) is 1.05. The molecule has 0 radical (unpaired) electrons. The molecule has 6 nitrogen and oxygen atoms in total. The Bertz CT molecular complexity index is 475. The molecule has 2 aromatic rings. The average Bonchev–Trinajstić information content (AvgIpc) is 2.42. The van der Waals surface area contributed by atoms with Gasteiger partial charge in [-0.25, -0.2) is 4.98 Å². The number of aromatic amines is 1. The highest BCUT2D eigenvalue weighted by Crippen LogP contribution is 2.10. The van der Waals surface area contributed by atoms with Crippen molar-refractivity contribution < 1.29 is 4.79 Å². The number of rotatable bonds is 1. The van der Waals surface area contributed by atoms with Crippen molar-refractivity contribution in [3.05, 3.63) is 17.8 Å². The van der Waals surface area contributed by atoms with Gasteiger partial charge in [0.25, 0.3) is 0 Å². The summed E-state index contributed by atoms with van der Waals surface area (Å²) in [6.07, 6.45) is 1.37. The van der Waals surface area contributed by atoms with E-state index in [0.29, 0.717) is 16.7 Å². The molecule has 5 N–H and O–H groups in total. The summed E-state index contributed by atoms with van der Waals surface area (Å²) in [6, 6.07) is 1.56. The minimum Gasteiger partial charge on any atom is -0.369 e. The predicted molar refractivity (Wildman–Crippen MR) is 46.8 cm³/mol. The molecular formula is C7H7N5O. The molecule has 0 aromatic carbocycles. The number of nitrogen functional groups attached to an aromatic ring is 1. The number of amides is 1. The number of primary amides is 1. The zero-order chi connectivity index (χ0) is 9.42. The number of hydrogen-bond acceptors (Lipinski definition) is 4. The van der Waals surface area contributed by atoms with E-state index in [1.165, 1.54) is 6.20 Å². The second-order valence-corrected chi connectivity index (χ2v) is 2.58. The summed E-state index contributed by atoms with van der Waals surface area (Å²) in [5, 5.41) is 0. The molecule has 0 atom stereocenters. The normalized spacial score (nSPS) is 10.5. The van der Waals surface area contributed by atoms with E-state index in [-0.39, 0.29) is 5.95 Å².